The van der Waals surface area contributed by atoms with Crippen LogP contribution in [0, 0.1) is 6.92 Å². The predicted octanol–water partition coefficient (Wildman–Crippen LogP) is 1.68. The molecule has 0 radical (unpaired) electrons. The minimum absolute atomic E-state index is 0.537. The number of aromatic nitrogens is 2. The van der Waals surface area contributed by atoms with Crippen LogP contribution < -0.4 is 11.1 Å². The molecule has 1 fully saturated rings. The third-order valence-electron chi connectivity index (χ3n) is 3.50. The van der Waals surface area contributed by atoms with E-state index in [1.54, 1.807) is 0 Å². The number of fused-ring (bicyclic) bond motifs is 1. The lowest BCUT2D eigenvalue weighted by Crippen LogP contribution is -2.27. The summed E-state index contributed by atoms with van der Waals surface area (Å²) in [5.74, 6) is 0.624. The molecule has 1 unspecified atom stereocenters. The largest absolute Gasteiger partial charge is 0.369 e. The van der Waals surface area contributed by atoms with Crippen molar-refractivity contribution in [3.05, 3.63) is 23.8 Å². The number of nitrogens with one attached hydrogen (secondary N) is 1. The normalized spacial score (nSPS) is 20.2. The van der Waals surface area contributed by atoms with Crippen molar-refractivity contribution < 1.29 is 0 Å². The Bertz CT molecular complexity index is 538. The molecule has 0 amide bonds. The van der Waals surface area contributed by atoms with Crippen molar-refractivity contribution in [2.45, 2.75) is 32.4 Å². The summed E-state index contributed by atoms with van der Waals surface area (Å²) < 4.78 is 2.13. The molecule has 1 aliphatic rings. The highest BCUT2D eigenvalue weighted by Gasteiger charge is 2.17. The summed E-state index contributed by atoms with van der Waals surface area (Å²) in [5, 5.41) is 3.50. The maximum absolute atomic E-state index is 6.01. The highest BCUT2D eigenvalue weighted by molar-refractivity contribution is 5.79. The first-order valence-electron chi connectivity index (χ1n) is 6.20. The summed E-state index contributed by atoms with van der Waals surface area (Å²) >= 11 is 0. The first kappa shape index (κ1) is 10.6. The SMILES string of the molecule is Cc1ccc2nc(N)n(CC3CCCN3)c2c1. The fraction of sp³-hybridized carbons (Fsp3) is 0.462. The Labute approximate surface area is 101 Å². The second-order valence-corrected chi connectivity index (χ2v) is 4.87. The van der Waals surface area contributed by atoms with Crippen LogP contribution in [0.15, 0.2) is 18.2 Å². The lowest BCUT2D eigenvalue weighted by atomic mass is 10.2. The molecule has 17 heavy (non-hydrogen) atoms. The molecule has 1 aromatic heterocycles. The summed E-state index contributed by atoms with van der Waals surface area (Å²) in [4.78, 5) is 4.41. The quantitative estimate of drug-likeness (QED) is 0.825. The van der Waals surface area contributed by atoms with Crippen LogP contribution in [0.25, 0.3) is 11.0 Å². The minimum atomic E-state index is 0.537. The molecule has 2 aromatic rings. The maximum Gasteiger partial charge on any atom is 0.201 e. The molecule has 1 saturated heterocycles. The molecule has 4 heteroatoms. The Morgan fingerprint density at radius 3 is 3.18 bits per heavy atom. The molecule has 3 rings (SSSR count). The zero-order chi connectivity index (χ0) is 11.8. The van der Waals surface area contributed by atoms with Crippen LogP contribution in [-0.2, 0) is 6.54 Å². The van der Waals surface area contributed by atoms with E-state index in [4.69, 9.17) is 5.73 Å². The van der Waals surface area contributed by atoms with Crippen LogP contribution in [-0.4, -0.2) is 22.1 Å². The molecule has 4 nitrogen and oxygen atoms in total. The molecular weight excluding hydrogens is 212 g/mol. The van der Waals surface area contributed by atoms with E-state index in [0.29, 0.717) is 12.0 Å². The number of benzene rings is 1. The van der Waals surface area contributed by atoms with Crippen molar-refractivity contribution >= 4 is 17.0 Å². The van der Waals surface area contributed by atoms with E-state index >= 15 is 0 Å². The summed E-state index contributed by atoms with van der Waals surface area (Å²) in [7, 11) is 0. The summed E-state index contributed by atoms with van der Waals surface area (Å²) in [5.41, 5.74) is 9.39. The van der Waals surface area contributed by atoms with Crippen molar-refractivity contribution in [1.82, 2.24) is 14.9 Å². The molecule has 2 heterocycles. The molecule has 1 aliphatic heterocycles. The number of aryl methyl sites for hydroxylation is 1. The second-order valence-electron chi connectivity index (χ2n) is 4.87. The average molecular weight is 230 g/mol. The number of nitrogens with zero attached hydrogens (tertiary/aromatic N) is 2. The fourth-order valence-corrected chi connectivity index (χ4v) is 2.58. The van der Waals surface area contributed by atoms with Crippen molar-refractivity contribution in [2.75, 3.05) is 12.3 Å². The standard InChI is InChI=1S/C13H18N4/c1-9-4-5-11-12(7-9)17(13(14)16-11)8-10-3-2-6-15-10/h4-5,7,10,15H,2-3,6,8H2,1H3,(H2,14,16). The van der Waals surface area contributed by atoms with Gasteiger partial charge in [-0.05, 0) is 44.0 Å². The first-order valence-corrected chi connectivity index (χ1v) is 6.20. The number of rotatable bonds is 2. The number of hydrogen-bond acceptors (Lipinski definition) is 3. The lowest BCUT2D eigenvalue weighted by Gasteiger charge is -2.13. The number of nitrogens with two attached hydrogens (primary N) is 1. The number of imidazole rings is 1. The molecule has 0 aliphatic carbocycles. The fourth-order valence-electron chi connectivity index (χ4n) is 2.58. The Morgan fingerprint density at radius 1 is 1.53 bits per heavy atom. The van der Waals surface area contributed by atoms with E-state index in [1.165, 1.54) is 18.4 Å². The highest BCUT2D eigenvalue weighted by Crippen LogP contribution is 2.21. The highest BCUT2D eigenvalue weighted by atomic mass is 15.2. The van der Waals surface area contributed by atoms with E-state index in [9.17, 15) is 0 Å². The van der Waals surface area contributed by atoms with Gasteiger partial charge in [-0.1, -0.05) is 6.07 Å². The van der Waals surface area contributed by atoms with Crippen LogP contribution in [0.2, 0.25) is 0 Å². The third kappa shape index (κ3) is 1.89. The molecule has 0 bridgehead atoms. The van der Waals surface area contributed by atoms with E-state index < -0.39 is 0 Å². The Morgan fingerprint density at radius 2 is 2.41 bits per heavy atom. The van der Waals surface area contributed by atoms with Gasteiger partial charge in [0.1, 0.15) is 0 Å². The Hall–Kier alpha value is -1.55. The van der Waals surface area contributed by atoms with Gasteiger partial charge in [0.05, 0.1) is 11.0 Å². The van der Waals surface area contributed by atoms with Crippen LogP contribution in [0.4, 0.5) is 5.95 Å². The van der Waals surface area contributed by atoms with Crippen LogP contribution in [0.1, 0.15) is 18.4 Å². The lowest BCUT2D eigenvalue weighted by molar-refractivity contribution is 0.521. The number of hydrogen-bond donors (Lipinski definition) is 2. The van der Waals surface area contributed by atoms with Crippen LogP contribution >= 0.6 is 0 Å². The number of nitrogen functional groups attached to an aromatic ring is 1. The second kappa shape index (κ2) is 4.04. The Balaban J connectivity index is 2.01. The van der Waals surface area contributed by atoms with Gasteiger partial charge in [0.25, 0.3) is 0 Å². The van der Waals surface area contributed by atoms with Gasteiger partial charge in [-0.2, -0.15) is 0 Å². The molecule has 1 atom stereocenters. The van der Waals surface area contributed by atoms with E-state index in [1.807, 2.05) is 6.07 Å². The topological polar surface area (TPSA) is 55.9 Å². The monoisotopic (exact) mass is 230 g/mol. The first-order chi connectivity index (χ1) is 8.24. The van der Waals surface area contributed by atoms with E-state index in [-0.39, 0.29) is 0 Å². The van der Waals surface area contributed by atoms with E-state index in [2.05, 4.69) is 33.9 Å². The van der Waals surface area contributed by atoms with Crippen LogP contribution in [0.5, 0.6) is 0 Å². The van der Waals surface area contributed by atoms with Gasteiger partial charge in [-0.3, -0.25) is 0 Å². The molecule has 0 spiro atoms. The van der Waals surface area contributed by atoms with Crippen molar-refractivity contribution in [3.63, 3.8) is 0 Å². The van der Waals surface area contributed by atoms with Crippen molar-refractivity contribution in [2.24, 2.45) is 0 Å². The van der Waals surface area contributed by atoms with Crippen molar-refractivity contribution in [3.8, 4) is 0 Å². The minimum Gasteiger partial charge on any atom is -0.369 e. The van der Waals surface area contributed by atoms with Crippen molar-refractivity contribution in [1.29, 1.82) is 0 Å². The summed E-state index contributed by atoms with van der Waals surface area (Å²) in [6.45, 7) is 4.14. The van der Waals surface area contributed by atoms with Gasteiger partial charge >= 0.3 is 0 Å². The van der Waals surface area contributed by atoms with E-state index in [0.717, 1.165) is 24.1 Å². The molecule has 3 N–H and O–H groups in total. The Kier molecular flexibility index (Phi) is 2.52. The van der Waals surface area contributed by atoms with Gasteiger partial charge in [0.2, 0.25) is 5.95 Å². The molecule has 90 valence electrons. The third-order valence-corrected chi connectivity index (χ3v) is 3.50. The van der Waals surface area contributed by atoms with Gasteiger partial charge < -0.3 is 15.6 Å². The zero-order valence-corrected chi connectivity index (χ0v) is 10.1. The van der Waals surface area contributed by atoms with Crippen LogP contribution in [0.3, 0.4) is 0 Å². The van der Waals surface area contributed by atoms with Gasteiger partial charge in [0, 0.05) is 12.6 Å². The predicted molar refractivity (Wildman–Crippen MR) is 69.9 cm³/mol. The summed E-state index contributed by atoms with van der Waals surface area (Å²) in [6.07, 6.45) is 2.49. The summed E-state index contributed by atoms with van der Waals surface area (Å²) in [6, 6.07) is 6.82. The maximum atomic E-state index is 6.01. The van der Waals surface area contributed by atoms with Gasteiger partial charge in [-0.25, -0.2) is 4.98 Å². The molecular formula is C13H18N4. The smallest absolute Gasteiger partial charge is 0.201 e. The average Bonchev–Trinajstić information content (AvgIpc) is 2.90. The molecule has 0 saturated carbocycles. The van der Waals surface area contributed by atoms with Gasteiger partial charge in [0.15, 0.2) is 0 Å². The number of anilines is 1. The zero-order valence-electron chi connectivity index (χ0n) is 10.1. The van der Waals surface area contributed by atoms with Gasteiger partial charge in [-0.15, -0.1) is 0 Å². The molecule has 1 aromatic carbocycles.